The van der Waals surface area contributed by atoms with Crippen LogP contribution in [0.5, 0.6) is 0 Å². The number of carbonyl (C=O) groups is 1. The molecule has 2 heterocycles. The molecule has 9 nitrogen and oxygen atoms in total. The van der Waals surface area contributed by atoms with E-state index in [9.17, 15) is 14.9 Å². The number of nitrogens with zero attached hydrogens (tertiary/aromatic N) is 5. The van der Waals surface area contributed by atoms with Crippen LogP contribution in [-0.4, -0.2) is 36.6 Å². The minimum Gasteiger partial charge on any atom is -0.458 e. The molecular formula is C16H17N5O4. The molecular weight excluding hydrogens is 326 g/mol. The number of carbonyl (C=O) groups excluding carboxylic acids is 1. The topological polar surface area (TPSA) is 105 Å². The monoisotopic (exact) mass is 343 g/mol. The SMILES string of the molecule is Cc1ncc([N+](=O)[O-])n1CCOC(=O)c1ccc2c(c1)nc(C)n2C. The Hall–Kier alpha value is -3.23. The molecule has 3 rings (SSSR count). The van der Waals surface area contributed by atoms with Crippen LogP contribution in [0.3, 0.4) is 0 Å². The molecule has 0 aliphatic rings. The normalized spacial score (nSPS) is 11.0. The number of rotatable bonds is 5. The summed E-state index contributed by atoms with van der Waals surface area (Å²) in [5.74, 6) is 0.723. The van der Waals surface area contributed by atoms with Crippen LogP contribution >= 0.6 is 0 Å². The van der Waals surface area contributed by atoms with Crippen LogP contribution in [0.4, 0.5) is 5.82 Å². The second kappa shape index (κ2) is 6.34. The average molecular weight is 343 g/mol. The molecule has 0 radical (unpaired) electrons. The van der Waals surface area contributed by atoms with Crippen LogP contribution in [0.25, 0.3) is 11.0 Å². The first kappa shape index (κ1) is 16.6. The van der Waals surface area contributed by atoms with Crippen LogP contribution in [0.15, 0.2) is 24.4 Å². The highest BCUT2D eigenvalue weighted by Gasteiger charge is 2.18. The lowest BCUT2D eigenvalue weighted by atomic mass is 10.2. The van der Waals surface area contributed by atoms with Crippen LogP contribution < -0.4 is 0 Å². The van der Waals surface area contributed by atoms with Gasteiger partial charge >= 0.3 is 11.8 Å². The fraction of sp³-hybridized carbons (Fsp3) is 0.312. The van der Waals surface area contributed by atoms with Crippen molar-refractivity contribution in [2.24, 2.45) is 7.05 Å². The van der Waals surface area contributed by atoms with Crippen molar-refractivity contribution in [1.82, 2.24) is 19.1 Å². The summed E-state index contributed by atoms with van der Waals surface area (Å²) in [6.45, 7) is 3.72. The van der Waals surface area contributed by atoms with Crippen molar-refractivity contribution >= 4 is 22.8 Å². The van der Waals surface area contributed by atoms with Crippen LogP contribution in [-0.2, 0) is 18.3 Å². The molecule has 0 N–H and O–H groups in total. The van der Waals surface area contributed by atoms with Gasteiger partial charge in [-0.2, -0.15) is 0 Å². The number of ether oxygens (including phenoxy) is 1. The summed E-state index contributed by atoms with van der Waals surface area (Å²) in [6, 6.07) is 5.17. The molecule has 9 heteroatoms. The fourth-order valence-corrected chi connectivity index (χ4v) is 2.64. The zero-order chi connectivity index (χ0) is 18.1. The Morgan fingerprint density at radius 2 is 2.08 bits per heavy atom. The molecule has 0 spiro atoms. The van der Waals surface area contributed by atoms with Crippen molar-refractivity contribution in [2.75, 3.05) is 6.61 Å². The highest BCUT2D eigenvalue weighted by Crippen LogP contribution is 2.17. The zero-order valence-corrected chi connectivity index (χ0v) is 14.1. The quantitative estimate of drug-likeness (QED) is 0.399. The van der Waals surface area contributed by atoms with Gasteiger partial charge in [-0.1, -0.05) is 0 Å². The minimum absolute atomic E-state index is 0.0101. The summed E-state index contributed by atoms with van der Waals surface area (Å²) in [5.41, 5.74) is 2.04. The Balaban J connectivity index is 1.69. The molecule has 0 unspecified atom stereocenters. The molecule has 1 aromatic carbocycles. The standard InChI is InChI=1S/C16H17N5O4/c1-10-17-9-15(21(23)24)20(10)6-7-25-16(22)12-4-5-14-13(8-12)18-11(2)19(14)3/h4-5,8-9H,6-7H2,1-3H3. The lowest BCUT2D eigenvalue weighted by molar-refractivity contribution is -0.392. The van der Waals surface area contributed by atoms with Gasteiger partial charge in [0.2, 0.25) is 0 Å². The van der Waals surface area contributed by atoms with Crippen molar-refractivity contribution < 1.29 is 14.5 Å². The number of fused-ring (bicyclic) bond motifs is 1. The van der Waals surface area contributed by atoms with E-state index < -0.39 is 10.9 Å². The third-order valence-corrected chi connectivity index (χ3v) is 4.11. The number of imidazole rings is 2. The second-order valence-corrected chi connectivity index (χ2v) is 5.63. The number of benzene rings is 1. The molecule has 2 aromatic heterocycles. The van der Waals surface area contributed by atoms with E-state index in [1.165, 1.54) is 10.8 Å². The van der Waals surface area contributed by atoms with Gasteiger partial charge in [0.25, 0.3) is 0 Å². The Morgan fingerprint density at radius 1 is 1.32 bits per heavy atom. The van der Waals surface area contributed by atoms with Gasteiger partial charge in [-0.05, 0) is 30.0 Å². The molecule has 3 aromatic rings. The van der Waals surface area contributed by atoms with Crippen LogP contribution in [0, 0.1) is 24.0 Å². The average Bonchev–Trinajstić information content (AvgIpc) is 3.08. The molecule has 0 fully saturated rings. The Morgan fingerprint density at radius 3 is 2.80 bits per heavy atom. The first-order chi connectivity index (χ1) is 11.9. The Kier molecular flexibility index (Phi) is 4.22. The van der Waals surface area contributed by atoms with Crippen molar-refractivity contribution in [1.29, 1.82) is 0 Å². The number of hydrogen-bond acceptors (Lipinski definition) is 6. The largest absolute Gasteiger partial charge is 0.458 e. The van der Waals surface area contributed by atoms with E-state index in [4.69, 9.17) is 4.74 Å². The van der Waals surface area contributed by atoms with Crippen molar-refractivity contribution in [2.45, 2.75) is 20.4 Å². The maximum absolute atomic E-state index is 12.2. The van der Waals surface area contributed by atoms with E-state index in [2.05, 4.69) is 9.97 Å². The molecule has 0 aliphatic carbocycles. The highest BCUT2D eigenvalue weighted by atomic mass is 16.6. The first-order valence-corrected chi connectivity index (χ1v) is 7.65. The van der Waals surface area contributed by atoms with Gasteiger partial charge in [0.1, 0.15) is 25.2 Å². The van der Waals surface area contributed by atoms with Gasteiger partial charge in [-0.3, -0.25) is 0 Å². The van der Waals surface area contributed by atoms with Crippen molar-refractivity contribution in [3.8, 4) is 0 Å². The van der Waals surface area contributed by atoms with E-state index in [-0.39, 0.29) is 19.0 Å². The maximum Gasteiger partial charge on any atom is 0.342 e. The summed E-state index contributed by atoms with van der Waals surface area (Å²) < 4.78 is 8.57. The van der Waals surface area contributed by atoms with Crippen LogP contribution in [0.1, 0.15) is 22.0 Å². The van der Waals surface area contributed by atoms with Crippen LogP contribution in [0.2, 0.25) is 0 Å². The molecule has 25 heavy (non-hydrogen) atoms. The molecule has 0 saturated carbocycles. The van der Waals surface area contributed by atoms with E-state index in [0.29, 0.717) is 11.4 Å². The van der Waals surface area contributed by atoms with Crippen molar-refractivity contribution in [3.05, 3.63) is 51.7 Å². The highest BCUT2D eigenvalue weighted by molar-refractivity contribution is 5.93. The van der Waals surface area contributed by atoms with Gasteiger partial charge in [-0.25, -0.2) is 19.3 Å². The van der Waals surface area contributed by atoms with E-state index >= 15 is 0 Å². The smallest absolute Gasteiger partial charge is 0.342 e. The maximum atomic E-state index is 12.2. The number of esters is 1. The van der Waals surface area contributed by atoms with E-state index in [0.717, 1.165) is 16.9 Å². The van der Waals surface area contributed by atoms with Crippen molar-refractivity contribution in [3.63, 3.8) is 0 Å². The van der Waals surface area contributed by atoms with E-state index in [1.54, 1.807) is 19.1 Å². The lowest BCUT2D eigenvalue weighted by Crippen LogP contribution is -2.13. The zero-order valence-electron chi connectivity index (χ0n) is 14.1. The van der Waals surface area contributed by atoms with Gasteiger partial charge < -0.3 is 19.4 Å². The molecule has 0 aliphatic heterocycles. The molecule has 0 saturated heterocycles. The Labute approximate surface area is 143 Å². The number of aryl methyl sites for hydroxylation is 3. The second-order valence-electron chi connectivity index (χ2n) is 5.63. The summed E-state index contributed by atoms with van der Waals surface area (Å²) in [5, 5.41) is 10.9. The fourth-order valence-electron chi connectivity index (χ4n) is 2.64. The first-order valence-electron chi connectivity index (χ1n) is 7.65. The van der Waals surface area contributed by atoms with Gasteiger partial charge in [-0.15, -0.1) is 0 Å². The predicted octanol–water partition coefficient (Wildman–Crippen LogP) is 2.15. The third-order valence-electron chi connectivity index (χ3n) is 4.11. The summed E-state index contributed by atoms with van der Waals surface area (Å²) in [7, 11) is 1.91. The number of aromatic nitrogens is 4. The van der Waals surface area contributed by atoms with Gasteiger partial charge in [0.15, 0.2) is 5.82 Å². The summed E-state index contributed by atoms with van der Waals surface area (Å²) in [4.78, 5) is 30.9. The van der Waals surface area contributed by atoms with E-state index in [1.807, 2.05) is 24.6 Å². The molecule has 0 bridgehead atoms. The predicted molar refractivity (Wildman–Crippen MR) is 89.4 cm³/mol. The summed E-state index contributed by atoms with van der Waals surface area (Å²) in [6.07, 6.45) is 1.19. The Bertz CT molecular complexity index is 972. The number of nitro groups is 1. The third kappa shape index (κ3) is 3.08. The van der Waals surface area contributed by atoms with Gasteiger partial charge in [0, 0.05) is 14.0 Å². The summed E-state index contributed by atoms with van der Waals surface area (Å²) >= 11 is 0. The number of hydrogen-bond donors (Lipinski definition) is 0. The molecule has 130 valence electrons. The molecule has 0 atom stereocenters. The van der Waals surface area contributed by atoms with Gasteiger partial charge in [0.05, 0.1) is 16.6 Å². The minimum atomic E-state index is -0.515. The molecule has 0 amide bonds. The lowest BCUT2D eigenvalue weighted by Gasteiger charge is -2.06.